The summed E-state index contributed by atoms with van der Waals surface area (Å²) in [4.78, 5) is 15.1. The average molecular weight is 365 g/mol. The monoisotopic (exact) mass is 364 g/mol. The van der Waals surface area contributed by atoms with Gasteiger partial charge in [-0.25, -0.2) is 5.43 Å². The molecule has 0 saturated carbocycles. The van der Waals surface area contributed by atoms with E-state index >= 15 is 0 Å². The molecule has 3 rings (SSSR count). The molecule has 2 aliphatic rings. The van der Waals surface area contributed by atoms with Crippen molar-refractivity contribution >= 4 is 17.5 Å². The second kappa shape index (κ2) is 8.49. The molecule has 0 aliphatic carbocycles. The topological polar surface area (TPSA) is 56.4 Å². The summed E-state index contributed by atoms with van der Waals surface area (Å²) in [5, 5.41) is 3.92. The lowest BCUT2D eigenvalue weighted by Gasteiger charge is -2.29. The van der Waals surface area contributed by atoms with Gasteiger partial charge in [-0.3, -0.25) is 15.1 Å². The smallest absolute Gasteiger partial charge is 0.238 e. The molecule has 4 unspecified atom stereocenters. The van der Waals surface area contributed by atoms with Crippen LogP contribution in [0, 0.1) is 5.92 Å². The number of hydrogen-bond donors (Lipinski definition) is 3. The average Bonchev–Trinajstić information content (AvgIpc) is 3.26. The summed E-state index contributed by atoms with van der Waals surface area (Å²) in [6.45, 7) is 7.06. The molecule has 2 heterocycles. The van der Waals surface area contributed by atoms with E-state index in [0.717, 1.165) is 24.5 Å². The molecule has 138 valence electrons. The van der Waals surface area contributed by atoms with E-state index in [1.54, 1.807) is 0 Å². The van der Waals surface area contributed by atoms with Gasteiger partial charge in [-0.2, -0.15) is 0 Å². The quantitative estimate of drug-likeness (QED) is 0.726. The lowest BCUT2D eigenvalue weighted by Crippen LogP contribution is -2.47. The maximum atomic E-state index is 12.7. The molecule has 2 saturated heterocycles. The van der Waals surface area contributed by atoms with Gasteiger partial charge < -0.3 is 5.32 Å². The SMILES string of the molecule is CCC1NNC(C(=O)NCC(c2ccc(Cl)cc2)N2CCCC2)C1C. The van der Waals surface area contributed by atoms with Gasteiger partial charge in [0, 0.05) is 17.6 Å². The van der Waals surface area contributed by atoms with E-state index in [-0.39, 0.29) is 23.9 Å². The summed E-state index contributed by atoms with van der Waals surface area (Å²) < 4.78 is 0. The van der Waals surface area contributed by atoms with Crippen LogP contribution in [0.25, 0.3) is 0 Å². The molecule has 0 spiro atoms. The van der Waals surface area contributed by atoms with Crippen molar-refractivity contribution in [1.29, 1.82) is 0 Å². The number of amides is 1. The highest BCUT2D eigenvalue weighted by Crippen LogP contribution is 2.26. The van der Waals surface area contributed by atoms with Gasteiger partial charge in [-0.15, -0.1) is 0 Å². The van der Waals surface area contributed by atoms with Crippen LogP contribution in [0.3, 0.4) is 0 Å². The highest BCUT2D eigenvalue weighted by Gasteiger charge is 2.36. The number of benzene rings is 1. The van der Waals surface area contributed by atoms with E-state index in [2.05, 4.69) is 47.0 Å². The van der Waals surface area contributed by atoms with Crippen LogP contribution in [0.1, 0.15) is 44.7 Å². The molecule has 2 aliphatic heterocycles. The predicted octanol–water partition coefficient (Wildman–Crippen LogP) is 2.48. The molecule has 1 aromatic carbocycles. The first-order valence-electron chi connectivity index (χ1n) is 9.38. The third kappa shape index (κ3) is 4.34. The van der Waals surface area contributed by atoms with Gasteiger partial charge >= 0.3 is 0 Å². The molecule has 25 heavy (non-hydrogen) atoms. The Morgan fingerprint density at radius 2 is 1.96 bits per heavy atom. The Hall–Kier alpha value is -1.14. The first-order valence-corrected chi connectivity index (χ1v) is 9.76. The Labute approximate surface area is 155 Å². The number of hydrazine groups is 1. The Morgan fingerprint density at radius 3 is 2.56 bits per heavy atom. The van der Waals surface area contributed by atoms with Gasteiger partial charge in [0.2, 0.25) is 5.91 Å². The second-order valence-corrected chi connectivity index (χ2v) is 7.63. The molecule has 1 amide bonds. The van der Waals surface area contributed by atoms with Gasteiger partial charge in [-0.1, -0.05) is 37.6 Å². The molecule has 1 aromatic rings. The molecule has 5 nitrogen and oxygen atoms in total. The van der Waals surface area contributed by atoms with E-state index in [4.69, 9.17) is 11.6 Å². The molecule has 0 bridgehead atoms. The van der Waals surface area contributed by atoms with Crippen molar-refractivity contribution in [3.8, 4) is 0 Å². The van der Waals surface area contributed by atoms with Crippen LogP contribution in [0.2, 0.25) is 5.02 Å². The molecule has 0 aromatic heterocycles. The molecule has 4 atom stereocenters. The van der Waals surface area contributed by atoms with Gasteiger partial charge in [0.15, 0.2) is 0 Å². The van der Waals surface area contributed by atoms with Gasteiger partial charge in [0.1, 0.15) is 6.04 Å². The molecule has 3 N–H and O–H groups in total. The number of rotatable bonds is 6. The zero-order valence-electron chi connectivity index (χ0n) is 15.1. The van der Waals surface area contributed by atoms with Gasteiger partial charge in [0.05, 0.1) is 6.04 Å². The van der Waals surface area contributed by atoms with Crippen molar-refractivity contribution in [2.24, 2.45) is 5.92 Å². The maximum Gasteiger partial charge on any atom is 0.238 e. The number of carbonyl (C=O) groups is 1. The van der Waals surface area contributed by atoms with Crippen molar-refractivity contribution in [3.63, 3.8) is 0 Å². The van der Waals surface area contributed by atoms with Crippen molar-refractivity contribution in [2.45, 2.75) is 51.2 Å². The summed E-state index contributed by atoms with van der Waals surface area (Å²) in [6.07, 6.45) is 3.46. The second-order valence-electron chi connectivity index (χ2n) is 7.20. The number of hydrogen-bond acceptors (Lipinski definition) is 4. The first-order chi connectivity index (χ1) is 12.1. The van der Waals surface area contributed by atoms with Gasteiger partial charge in [0.25, 0.3) is 0 Å². The highest BCUT2D eigenvalue weighted by atomic mass is 35.5. The minimum Gasteiger partial charge on any atom is -0.353 e. The van der Waals surface area contributed by atoms with Crippen LogP contribution in [0.4, 0.5) is 0 Å². The van der Waals surface area contributed by atoms with E-state index in [0.29, 0.717) is 12.6 Å². The zero-order chi connectivity index (χ0) is 17.8. The van der Waals surface area contributed by atoms with Crippen molar-refractivity contribution in [2.75, 3.05) is 19.6 Å². The Bertz CT molecular complexity index is 573. The van der Waals surface area contributed by atoms with Crippen molar-refractivity contribution < 1.29 is 4.79 Å². The van der Waals surface area contributed by atoms with E-state index in [9.17, 15) is 4.79 Å². The maximum absolute atomic E-state index is 12.7. The van der Waals surface area contributed by atoms with E-state index < -0.39 is 0 Å². The summed E-state index contributed by atoms with van der Waals surface area (Å²) in [6, 6.07) is 8.38. The van der Waals surface area contributed by atoms with Crippen LogP contribution < -0.4 is 16.2 Å². The fraction of sp³-hybridized carbons (Fsp3) is 0.632. The molecule has 2 fully saturated rings. The third-order valence-corrected chi connectivity index (χ3v) is 5.86. The largest absolute Gasteiger partial charge is 0.353 e. The number of halogens is 1. The Morgan fingerprint density at radius 1 is 1.28 bits per heavy atom. The van der Waals surface area contributed by atoms with E-state index in [1.807, 2.05) is 12.1 Å². The van der Waals surface area contributed by atoms with Crippen molar-refractivity contribution in [3.05, 3.63) is 34.9 Å². The molecule has 6 heteroatoms. The van der Waals surface area contributed by atoms with Crippen LogP contribution in [0.15, 0.2) is 24.3 Å². The van der Waals surface area contributed by atoms with Crippen molar-refractivity contribution in [1.82, 2.24) is 21.1 Å². The fourth-order valence-corrected chi connectivity index (χ4v) is 4.10. The van der Waals surface area contributed by atoms with E-state index in [1.165, 1.54) is 18.4 Å². The van der Waals surface area contributed by atoms with Crippen LogP contribution in [0.5, 0.6) is 0 Å². The van der Waals surface area contributed by atoms with Gasteiger partial charge in [-0.05, 0) is 56.0 Å². The number of nitrogens with one attached hydrogen (secondary N) is 3. The fourth-order valence-electron chi connectivity index (χ4n) is 3.97. The summed E-state index contributed by atoms with van der Waals surface area (Å²) in [5.74, 6) is 0.361. The highest BCUT2D eigenvalue weighted by molar-refractivity contribution is 6.30. The minimum atomic E-state index is -0.172. The first kappa shape index (κ1) is 18.6. The third-order valence-electron chi connectivity index (χ3n) is 5.61. The number of carbonyl (C=O) groups excluding carboxylic acids is 1. The summed E-state index contributed by atoms with van der Waals surface area (Å²) in [5.41, 5.74) is 7.60. The molecule has 0 radical (unpaired) electrons. The normalized spacial score (nSPS) is 28.2. The number of nitrogens with zero attached hydrogens (tertiary/aromatic N) is 1. The standard InChI is InChI=1S/C19H29ClN4O/c1-3-16-13(2)18(23-22-16)19(25)21-12-17(24-10-4-5-11-24)14-6-8-15(20)9-7-14/h6-9,13,16-18,22-23H,3-5,10-12H2,1-2H3,(H,21,25). The van der Waals surface area contributed by atoms with Crippen LogP contribution in [-0.4, -0.2) is 42.5 Å². The lowest BCUT2D eigenvalue weighted by atomic mass is 9.94. The lowest BCUT2D eigenvalue weighted by molar-refractivity contribution is -0.123. The van der Waals surface area contributed by atoms with Crippen LogP contribution >= 0.6 is 11.6 Å². The zero-order valence-corrected chi connectivity index (χ0v) is 15.9. The minimum absolute atomic E-state index is 0.0779. The Balaban J connectivity index is 1.64. The Kier molecular flexibility index (Phi) is 6.34. The molecular weight excluding hydrogens is 336 g/mol. The molecular formula is C19H29ClN4O. The number of likely N-dealkylation sites (tertiary alicyclic amines) is 1. The summed E-state index contributed by atoms with van der Waals surface area (Å²) >= 11 is 6.03. The predicted molar refractivity (Wildman–Crippen MR) is 101 cm³/mol. The summed E-state index contributed by atoms with van der Waals surface area (Å²) in [7, 11) is 0. The van der Waals surface area contributed by atoms with Crippen LogP contribution in [-0.2, 0) is 4.79 Å².